The lowest BCUT2D eigenvalue weighted by Crippen LogP contribution is -2.46. The SMILES string of the molecule is CC(c1ccc(COc2ncc(OC(=O)O)cn2)cc1Cl)C(O)(c1ccnc(Cl)c1)C(F)(F)F. The molecule has 180 valence electrons. The second kappa shape index (κ2) is 10.00. The molecule has 2 aromatic heterocycles. The lowest BCUT2D eigenvalue weighted by molar-refractivity contribution is -0.274. The van der Waals surface area contributed by atoms with Crippen LogP contribution in [-0.2, 0) is 12.2 Å². The molecule has 8 nitrogen and oxygen atoms in total. The van der Waals surface area contributed by atoms with Crippen LogP contribution < -0.4 is 9.47 Å². The van der Waals surface area contributed by atoms with Crippen molar-refractivity contribution < 1.29 is 37.7 Å². The fourth-order valence-corrected chi connectivity index (χ4v) is 3.76. The third kappa shape index (κ3) is 5.49. The Balaban J connectivity index is 1.81. The van der Waals surface area contributed by atoms with Gasteiger partial charge in [0.05, 0.1) is 12.4 Å². The first-order chi connectivity index (χ1) is 15.9. The van der Waals surface area contributed by atoms with Crippen molar-refractivity contribution >= 4 is 29.4 Å². The number of carbonyl (C=O) groups is 1. The minimum atomic E-state index is -5.05. The first-order valence-electron chi connectivity index (χ1n) is 9.47. The standard InChI is InChI=1S/C21H16Cl2F3N3O5/c1-11(20(32,21(24,25)26)13-4-5-27-17(23)7-13)15-3-2-12(6-16(15)22)10-33-18-28-8-14(9-29-18)34-19(30)31/h2-9,11,32H,10H2,1H3,(H,30,31). The number of hydrogen-bond acceptors (Lipinski definition) is 7. The molecule has 1 aromatic carbocycles. The smallest absolute Gasteiger partial charge is 0.459 e. The highest BCUT2D eigenvalue weighted by Gasteiger charge is 2.59. The number of hydrogen-bond donors (Lipinski definition) is 2. The largest absolute Gasteiger partial charge is 0.511 e. The van der Waals surface area contributed by atoms with Crippen molar-refractivity contribution in [3.8, 4) is 11.8 Å². The molecule has 2 N–H and O–H groups in total. The fourth-order valence-electron chi connectivity index (χ4n) is 3.22. The summed E-state index contributed by atoms with van der Waals surface area (Å²) in [5.74, 6) is -1.60. The molecule has 0 amide bonds. The van der Waals surface area contributed by atoms with Crippen molar-refractivity contribution in [1.82, 2.24) is 15.0 Å². The Kier molecular flexibility index (Phi) is 7.49. The minimum Gasteiger partial charge on any atom is -0.459 e. The number of carboxylic acid groups (broad SMARTS) is 1. The van der Waals surface area contributed by atoms with Crippen molar-refractivity contribution in [2.45, 2.75) is 31.2 Å². The van der Waals surface area contributed by atoms with Crippen LogP contribution in [0, 0.1) is 0 Å². The van der Waals surface area contributed by atoms with E-state index in [0.29, 0.717) is 5.56 Å². The maximum atomic E-state index is 14.0. The van der Waals surface area contributed by atoms with Gasteiger partial charge in [0.25, 0.3) is 0 Å². The van der Waals surface area contributed by atoms with Gasteiger partial charge in [-0.15, -0.1) is 0 Å². The number of nitrogens with zero attached hydrogens (tertiary/aromatic N) is 3. The molecule has 0 spiro atoms. The third-order valence-electron chi connectivity index (χ3n) is 4.93. The van der Waals surface area contributed by atoms with Crippen molar-refractivity contribution in [2.24, 2.45) is 0 Å². The van der Waals surface area contributed by atoms with E-state index in [1.165, 1.54) is 25.1 Å². The zero-order chi connectivity index (χ0) is 25.1. The van der Waals surface area contributed by atoms with Gasteiger partial charge in [-0.2, -0.15) is 23.1 Å². The van der Waals surface area contributed by atoms with E-state index >= 15 is 0 Å². The molecule has 2 atom stereocenters. The molecule has 0 bridgehead atoms. The lowest BCUT2D eigenvalue weighted by Gasteiger charge is -2.37. The van der Waals surface area contributed by atoms with Gasteiger partial charge in [-0.1, -0.05) is 42.3 Å². The van der Waals surface area contributed by atoms with E-state index in [2.05, 4.69) is 19.7 Å². The Morgan fingerprint density at radius 1 is 1.12 bits per heavy atom. The summed E-state index contributed by atoms with van der Waals surface area (Å²) in [5, 5.41) is 19.1. The fraction of sp³-hybridized carbons (Fsp3) is 0.238. The van der Waals surface area contributed by atoms with Crippen LogP contribution in [-0.4, -0.2) is 37.5 Å². The van der Waals surface area contributed by atoms with Crippen LogP contribution in [0.1, 0.15) is 29.5 Å². The summed E-state index contributed by atoms with van der Waals surface area (Å²) in [6.07, 6.45) is -3.30. The van der Waals surface area contributed by atoms with Gasteiger partial charge in [0.2, 0.25) is 0 Å². The van der Waals surface area contributed by atoms with Crippen molar-refractivity contribution in [3.63, 3.8) is 0 Å². The Hall–Kier alpha value is -3.15. The van der Waals surface area contributed by atoms with E-state index in [-0.39, 0.29) is 34.1 Å². The van der Waals surface area contributed by atoms with Crippen LogP contribution in [0.3, 0.4) is 0 Å². The number of rotatable bonds is 7. The van der Waals surface area contributed by atoms with Crippen LogP contribution in [0.25, 0.3) is 0 Å². The quantitative estimate of drug-likeness (QED) is 0.317. The minimum absolute atomic E-state index is 0.0254. The lowest BCUT2D eigenvalue weighted by atomic mass is 9.78. The number of aromatic nitrogens is 3. The van der Waals surface area contributed by atoms with Gasteiger partial charge in [0, 0.05) is 17.1 Å². The highest BCUT2D eigenvalue weighted by molar-refractivity contribution is 6.31. The summed E-state index contributed by atoms with van der Waals surface area (Å²) in [5.41, 5.74) is -3.22. The van der Waals surface area contributed by atoms with Gasteiger partial charge in [-0.3, -0.25) is 0 Å². The number of ether oxygens (including phenoxy) is 2. The van der Waals surface area contributed by atoms with Crippen LogP contribution in [0.2, 0.25) is 10.2 Å². The highest BCUT2D eigenvalue weighted by atomic mass is 35.5. The maximum absolute atomic E-state index is 14.0. The second-order valence-electron chi connectivity index (χ2n) is 7.07. The molecule has 0 saturated carbocycles. The molecular weight excluding hydrogens is 502 g/mol. The summed E-state index contributed by atoms with van der Waals surface area (Å²) in [7, 11) is 0. The molecule has 0 aliphatic heterocycles. The molecule has 3 rings (SSSR count). The molecule has 13 heteroatoms. The number of benzene rings is 1. The van der Waals surface area contributed by atoms with E-state index < -0.39 is 29.4 Å². The van der Waals surface area contributed by atoms with Gasteiger partial charge in [-0.25, -0.2) is 9.78 Å². The second-order valence-corrected chi connectivity index (χ2v) is 7.86. The Morgan fingerprint density at radius 2 is 1.79 bits per heavy atom. The summed E-state index contributed by atoms with van der Waals surface area (Å²) < 4.78 is 51.9. The van der Waals surface area contributed by atoms with Crippen LogP contribution in [0.5, 0.6) is 11.8 Å². The number of pyridine rings is 1. The summed E-state index contributed by atoms with van der Waals surface area (Å²) >= 11 is 12.0. The Bertz CT molecular complexity index is 1180. The topological polar surface area (TPSA) is 115 Å². The summed E-state index contributed by atoms with van der Waals surface area (Å²) in [6, 6.07) is 6.14. The van der Waals surface area contributed by atoms with Crippen LogP contribution in [0.15, 0.2) is 48.9 Å². The summed E-state index contributed by atoms with van der Waals surface area (Å²) in [6.45, 7) is 1.12. The zero-order valence-electron chi connectivity index (χ0n) is 17.3. The molecule has 0 radical (unpaired) electrons. The average molecular weight is 518 g/mol. The van der Waals surface area contributed by atoms with E-state index in [0.717, 1.165) is 30.7 Å². The maximum Gasteiger partial charge on any atom is 0.511 e. The van der Waals surface area contributed by atoms with E-state index in [1.54, 1.807) is 0 Å². The molecule has 2 heterocycles. The number of alkyl halides is 3. The normalized spacial score (nSPS) is 14.2. The van der Waals surface area contributed by atoms with E-state index in [1.807, 2.05) is 0 Å². The molecule has 3 aromatic rings. The predicted molar refractivity (Wildman–Crippen MR) is 114 cm³/mol. The first-order valence-corrected chi connectivity index (χ1v) is 10.2. The Morgan fingerprint density at radius 3 is 2.35 bits per heavy atom. The van der Waals surface area contributed by atoms with E-state index in [4.69, 9.17) is 33.0 Å². The molecule has 0 saturated heterocycles. The number of aliphatic hydroxyl groups is 1. The molecule has 2 unspecified atom stereocenters. The molecule has 0 aliphatic carbocycles. The molecule has 0 fully saturated rings. The zero-order valence-corrected chi connectivity index (χ0v) is 18.8. The van der Waals surface area contributed by atoms with Gasteiger partial charge >= 0.3 is 18.3 Å². The highest BCUT2D eigenvalue weighted by Crippen LogP contribution is 2.50. The molecule has 34 heavy (non-hydrogen) atoms. The van der Waals surface area contributed by atoms with Gasteiger partial charge in [0.15, 0.2) is 11.4 Å². The van der Waals surface area contributed by atoms with Crippen molar-refractivity contribution in [3.05, 3.63) is 75.8 Å². The predicted octanol–water partition coefficient (Wildman–Crippen LogP) is 5.37. The average Bonchev–Trinajstić information content (AvgIpc) is 2.76. The van der Waals surface area contributed by atoms with E-state index in [9.17, 15) is 23.1 Å². The van der Waals surface area contributed by atoms with Gasteiger partial charge in [-0.05, 0) is 34.9 Å². The first kappa shape index (κ1) is 25.5. The van der Waals surface area contributed by atoms with Gasteiger partial charge < -0.3 is 19.7 Å². The van der Waals surface area contributed by atoms with Crippen LogP contribution in [0.4, 0.5) is 18.0 Å². The summed E-state index contributed by atoms with van der Waals surface area (Å²) in [4.78, 5) is 21.7. The molecule has 0 aliphatic rings. The third-order valence-corrected chi connectivity index (χ3v) is 5.47. The van der Waals surface area contributed by atoms with Gasteiger partial charge in [0.1, 0.15) is 11.8 Å². The molecular formula is C21H16Cl2F3N3O5. The Labute approximate surface area is 200 Å². The van der Waals surface area contributed by atoms with Crippen molar-refractivity contribution in [2.75, 3.05) is 0 Å². The number of halogens is 5. The van der Waals surface area contributed by atoms with Crippen LogP contribution >= 0.6 is 23.2 Å². The monoisotopic (exact) mass is 517 g/mol. The van der Waals surface area contributed by atoms with Crippen molar-refractivity contribution in [1.29, 1.82) is 0 Å².